The number of carbonyl (C=O) groups is 4. The number of esters is 2. The molecule has 0 radical (unpaired) electrons. The van der Waals surface area contributed by atoms with E-state index >= 15 is 0 Å². The molecule has 1 aliphatic carbocycles. The summed E-state index contributed by atoms with van der Waals surface area (Å²) in [7, 11) is 0. The summed E-state index contributed by atoms with van der Waals surface area (Å²) in [6.45, 7) is 3.26. The van der Waals surface area contributed by atoms with Crippen LogP contribution in [0.3, 0.4) is 0 Å². The molecule has 0 spiro atoms. The first-order valence-corrected chi connectivity index (χ1v) is 16.6. The summed E-state index contributed by atoms with van der Waals surface area (Å²) in [5.74, 6) is -0.950. The summed E-state index contributed by atoms with van der Waals surface area (Å²) in [4.78, 5) is 60.9. The van der Waals surface area contributed by atoms with Gasteiger partial charge in [-0.3, -0.25) is 29.3 Å². The topological polar surface area (TPSA) is 128 Å². The van der Waals surface area contributed by atoms with Gasteiger partial charge < -0.3 is 19.1 Å². The number of fused-ring (bicyclic) bond motifs is 1. The number of rotatable bonds is 13. The summed E-state index contributed by atoms with van der Waals surface area (Å²) in [6, 6.07) is 12.3. The van der Waals surface area contributed by atoms with Gasteiger partial charge in [0.15, 0.2) is 24.8 Å². The van der Waals surface area contributed by atoms with Gasteiger partial charge in [-0.25, -0.2) is 9.18 Å². The molecule has 0 atom stereocenters. The lowest BCUT2D eigenvalue weighted by Gasteiger charge is -2.34. The van der Waals surface area contributed by atoms with Crippen LogP contribution in [0.25, 0.3) is 20.8 Å². The second-order valence-electron chi connectivity index (χ2n) is 12.0. The molecule has 3 aromatic heterocycles. The van der Waals surface area contributed by atoms with Gasteiger partial charge in [-0.2, -0.15) is 0 Å². The molecule has 0 N–H and O–H groups in total. The number of pyridine rings is 2. The molecule has 4 aromatic rings. The van der Waals surface area contributed by atoms with Crippen molar-refractivity contribution in [3.8, 4) is 22.1 Å². The van der Waals surface area contributed by atoms with E-state index in [1.165, 1.54) is 24.3 Å². The van der Waals surface area contributed by atoms with Crippen LogP contribution in [0.2, 0.25) is 0 Å². The smallest absolute Gasteiger partial charge is 0.344 e. The number of piperazine rings is 1. The standard InChI is InChI=1S/C35H35FN4O7S/c1-22(41)45-21-34(44)46-20-33(43)40-12-10-39(11-13-40)19-25-4-6-28(38-18-25)32-17-29-35(48-32)31(8-9-37-29)47-30-7-5-24(16-27(30)36)15-26(42)14-23-2-3-23/h4-9,16-18,23H,2-3,10-15,19-21H2,1H3. The quantitative estimate of drug-likeness (QED) is 0.180. The lowest BCUT2D eigenvalue weighted by Crippen LogP contribution is -2.49. The maximum absolute atomic E-state index is 15.0. The van der Waals surface area contributed by atoms with Crippen molar-refractivity contribution in [2.75, 3.05) is 39.4 Å². The van der Waals surface area contributed by atoms with Crippen molar-refractivity contribution in [1.82, 2.24) is 19.8 Å². The number of benzene rings is 1. The Morgan fingerprint density at radius 1 is 0.917 bits per heavy atom. The Morgan fingerprint density at radius 3 is 2.42 bits per heavy atom. The van der Waals surface area contributed by atoms with Crippen LogP contribution in [0, 0.1) is 11.7 Å². The van der Waals surface area contributed by atoms with Crippen LogP contribution in [0.15, 0.2) is 54.9 Å². The summed E-state index contributed by atoms with van der Waals surface area (Å²) in [5.41, 5.74) is 3.16. The molecule has 2 fully saturated rings. The first-order valence-electron chi connectivity index (χ1n) is 15.8. The fraction of sp³-hybridized carbons (Fsp3) is 0.371. The first kappa shape index (κ1) is 33.2. The highest BCUT2D eigenvalue weighted by atomic mass is 32.1. The largest absolute Gasteiger partial charge is 0.454 e. The van der Waals surface area contributed by atoms with Gasteiger partial charge in [0.05, 0.1) is 20.8 Å². The zero-order valence-electron chi connectivity index (χ0n) is 26.5. The Morgan fingerprint density at radius 2 is 1.71 bits per heavy atom. The lowest BCUT2D eigenvalue weighted by molar-refractivity contribution is -0.161. The molecule has 1 saturated carbocycles. The molecule has 1 aliphatic heterocycles. The molecule has 1 aromatic carbocycles. The van der Waals surface area contributed by atoms with Gasteiger partial charge in [0.1, 0.15) is 11.5 Å². The summed E-state index contributed by atoms with van der Waals surface area (Å²) in [5, 5.41) is 0. The third-order valence-electron chi connectivity index (χ3n) is 8.16. The number of hydrogen-bond donors (Lipinski definition) is 0. The molecule has 11 nitrogen and oxygen atoms in total. The van der Waals surface area contributed by atoms with E-state index in [4.69, 9.17) is 9.47 Å². The fourth-order valence-electron chi connectivity index (χ4n) is 5.43. The maximum atomic E-state index is 15.0. The highest BCUT2D eigenvalue weighted by molar-refractivity contribution is 7.22. The van der Waals surface area contributed by atoms with E-state index in [1.54, 1.807) is 29.3 Å². The molecule has 250 valence electrons. The average molecular weight is 675 g/mol. The van der Waals surface area contributed by atoms with Crippen molar-refractivity contribution in [3.63, 3.8) is 0 Å². The number of amides is 1. The second kappa shape index (κ2) is 15.0. The zero-order chi connectivity index (χ0) is 33.6. The Labute approximate surface area is 280 Å². The van der Waals surface area contributed by atoms with Crippen LogP contribution < -0.4 is 4.74 Å². The first-order chi connectivity index (χ1) is 23.2. The monoisotopic (exact) mass is 674 g/mol. The minimum Gasteiger partial charge on any atom is -0.454 e. The Bertz CT molecular complexity index is 1820. The number of halogens is 1. The number of nitrogens with zero attached hydrogens (tertiary/aromatic N) is 4. The lowest BCUT2D eigenvalue weighted by atomic mass is 10.0. The van der Waals surface area contributed by atoms with Crippen LogP contribution in [0.5, 0.6) is 11.5 Å². The number of thiophene rings is 1. The number of hydrogen-bond acceptors (Lipinski definition) is 11. The third kappa shape index (κ3) is 8.78. The predicted molar refractivity (Wildman–Crippen MR) is 175 cm³/mol. The Hall–Kier alpha value is -4.75. The predicted octanol–water partition coefficient (Wildman–Crippen LogP) is 4.95. The average Bonchev–Trinajstić information content (AvgIpc) is 3.77. The maximum Gasteiger partial charge on any atom is 0.344 e. The molecule has 6 rings (SSSR count). The van der Waals surface area contributed by atoms with Crippen molar-refractivity contribution in [1.29, 1.82) is 0 Å². The van der Waals surface area contributed by atoms with Crippen LogP contribution in [0.1, 0.15) is 37.3 Å². The molecule has 13 heteroatoms. The normalized spacial score (nSPS) is 14.9. The molecule has 0 unspecified atom stereocenters. The second-order valence-corrected chi connectivity index (χ2v) is 13.1. The molecular formula is C35H35FN4O7S. The van der Waals surface area contributed by atoms with Gasteiger partial charge in [-0.1, -0.05) is 12.1 Å². The van der Waals surface area contributed by atoms with Crippen molar-refractivity contribution < 1.29 is 37.8 Å². The minimum atomic E-state index is -0.764. The van der Waals surface area contributed by atoms with Crippen molar-refractivity contribution in [2.45, 2.75) is 39.2 Å². The van der Waals surface area contributed by atoms with Gasteiger partial charge in [0.25, 0.3) is 5.91 Å². The molecular weight excluding hydrogens is 639 g/mol. The molecule has 2 aliphatic rings. The van der Waals surface area contributed by atoms with Crippen molar-refractivity contribution in [2.24, 2.45) is 5.92 Å². The fourth-order valence-corrected chi connectivity index (χ4v) is 6.48. The number of aromatic nitrogens is 2. The summed E-state index contributed by atoms with van der Waals surface area (Å²) >= 11 is 1.46. The molecule has 0 bridgehead atoms. The van der Waals surface area contributed by atoms with Crippen LogP contribution in [-0.4, -0.2) is 82.8 Å². The van der Waals surface area contributed by atoms with Gasteiger partial charge in [-0.05, 0) is 54.2 Å². The third-order valence-corrected chi connectivity index (χ3v) is 9.33. The Kier molecular flexibility index (Phi) is 10.4. The molecule has 48 heavy (non-hydrogen) atoms. The van der Waals surface area contributed by atoms with Crippen LogP contribution in [0.4, 0.5) is 4.39 Å². The van der Waals surface area contributed by atoms with E-state index in [9.17, 15) is 23.6 Å². The van der Waals surface area contributed by atoms with E-state index < -0.39 is 24.4 Å². The van der Waals surface area contributed by atoms with Crippen LogP contribution in [-0.2, 0) is 41.6 Å². The Balaban J connectivity index is 1.02. The number of Topliss-reactive ketones (excluding diaryl/α,β-unsaturated/α-hetero) is 1. The van der Waals surface area contributed by atoms with E-state index in [2.05, 4.69) is 19.6 Å². The number of ketones is 1. The van der Waals surface area contributed by atoms with Crippen LogP contribution >= 0.6 is 11.3 Å². The van der Waals surface area contributed by atoms with Gasteiger partial charge in [-0.15, -0.1) is 11.3 Å². The van der Waals surface area contributed by atoms with Crippen molar-refractivity contribution >= 4 is 45.2 Å². The summed E-state index contributed by atoms with van der Waals surface area (Å²) in [6.07, 6.45) is 6.47. The van der Waals surface area contributed by atoms with E-state index in [0.717, 1.165) is 33.7 Å². The van der Waals surface area contributed by atoms with Crippen molar-refractivity contribution in [3.05, 3.63) is 71.8 Å². The van der Waals surface area contributed by atoms with E-state index in [1.807, 2.05) is 24.4 Å². The SMILES string of the molecule is CC(=O)OCC(=O)OCC(=O)N1CCN(Cc2ccc(-c3cc4nccc(Oc5ccc(CC(=O)CC6CC6)cc5F)c4s3)nc2)CC1. The molecule has 1 saturated heterocycles. The molecule has 4 heterocycles. The van der Waals surface area contributed by atoms with E-state index in [-0.39, 0.29) is 30.5 Å². The molecule has 1 amide bonds. The number of carbonyl (C=O) groups excluding carboxylic acids is 4. The highest BCUT2D eigenvalue weighted by Crippen LogP contribution is 2.39. The van der Waals surface area contributed by atoms with Gasteiger partial charge in [0.2, 0.25) is 0 Å². The highest BCUT2D eigenvalue weighted by Gasteiger charge is 2.25. The van der Waals surface area contributed by atoms with Gasteiger partial charge >= 0.3 is 11.9 Å². The van der Waals surface area contributed by atoms with Gasteiger partial charge in [0, 0.05) is 70.9 Å². The number of ether oxygens (including phenoxy) is 3. The summed E-state index contributed by atoms with van der Waals surface area (Å²) < 4.78 is 31.2. The zero-order valence-corrected chi connectivity index (χ0v) is 27.3. The van der Waals surface area contributed by atoms with E-state index in [0.29, 0.717) is 61.9 Å². The minimum absolute atomic E-state index is 0.0863.